The predicted octanol–water partition coefficient (Wildman–Crippen LogP) is 5.34. The van der Waals surface area contributed by atoms with Gasteiger partial charge in [0, 0.05) is 24.9 Å². The monoisotopic (exact) mass is 553 g/mol. The van der Waals surface area contributed by atoms with Gasteiger partial charge in [0.2, 0.25) is 0 Å². The molecule has 4 rings (SSSR count). The number of nitrogens with one attached hydrogen (secondary N) is 1. The lowest BCUT2D eigenvalue weighted by Gasteiger charge is -2.08. The lowest BCUT2D eigenvalue weighted by molar-refractivity contribution is 0.0997. The van der Waals surface area contributed by atoms with E-state index < -0.39 is 21.7 Å². The van der Waals surface area contributed by atoms with Crippen LogP contribution in [0, 0.1) is 5.82 Å². The molecule has 0 aliphatic rings. The number of methoxy groups -OCH3 is 1. The van der Waals surface area contributed by atoms with Crippen LogP contribution >= 0.6 is 34.5 Å². The van der Waals surface area contributed by atoms with E-state index in [1.807, 2.05) is 0 Å². The van der Waals surface area contributed by atoms with Crippen molar-refractivity contribution in [2.45, 2.75) is 11.4 Å². The summed E-state index contributed by atoms with van der Waals surface area (Å²) in [5.74, 6) is -1.06. The molecule has 3 aromatic carbocycles. The second-order valence-electron chi connectivity index (χ2n) is 7.29. The van der Waals surface area contributed by atoms with E-state index >= 15 is 0 Å². The fraction of sp³-hybridized carbons (Fsp3) is 0.130. The lowest BCUT2D eigenvalue weighted by Crippen LogP contribution is -2.19. The molecular weight excluding hydrogens is 536 g/mol. The van der Waals surface area contributed by atoms with E-state index in [4.69, 9.17) is 27.9 Å². The maximum absolute atomic E-state index is 13.1. The van der Waals surface area contributed by atoms with E-state index in [-0.39, 0.29) is 16.1 Å². The maximum Gasteiger partial charge on any atom is 0.279 e. The number of amides is 1. The van der Waals surface area contributed by atoms with Crippen molar-refractivity contribution in [3.05, 3.63) is 86.9 Å². The Morgan fingerprint density at radius 3 is 2.37 bits per heavy atom. The summed E-state index contributed by atoms with van der Waals surface area (Å²) in [5, 5.41) is 0.968. The normalized spacial score (nSPS) is 12.3. The van der Waals surface area contributed by atoms with Crippen molar-refractivity contribution in [1.29, 1.82) is 0 Å². The quantitative estimate of drug-likeness (QED) is 0.334. The van der Waals surface area contributed by atoms with Crippen molar-refractivity contribution in [1.82, 2.24) is 4.57 Å². The number of anilines is 1. The number of hydrogen-bond donors (Lipinski definition) is 1. The standard InChI is InChI=1S/C23H18Cl2FN3O4S2/c1-33-13-12-29-20-18(24)10-11-19(25)21(20)34-23(29)27-22(30)14-2-6-16(7-3-14)28-35(31,32)17-8-4-15(26)5-9-17/h2-11,28H,12-13H2,1H3. The van der Waals surface area contributed by atoms with Gasteiger partial charge in [-0.05, 0) is 60.7 Å². The molecule has 0 saturated carbocycles. The molecule has 0 aliphatic carbocycles. The van der Waals surface area contributed by atoms with Crippen molar-refractivity contribution in [2.75, 3.05) is 18.4 Å². The van der Waals surface area contributed by atoms with Gasteiger partial charge in [0.25, 0.3) is 15.9 Å². The zero-order chi connectivity index (χ0) is 25.2. The fourth-order valence-electron chi connectivity index (χ4n) is 3.25. The zero-order valence-electron chi connectivity index (χ0n) is 18.2. The number of thiazole rings is 1. The first-order chi connectivity index (χ1) is 16.7. The van der Waals surface area contributed by atoms with Gasteiger partial charge in [-0.25, -0.2) is 12.8 Å². The molecule has 0 bridgehead atoms. The van der Waals surface area contributed by atoms with Gasteiger partial charge in [-0.2, -0.15) is 4.99 Å². The van der Waals surface area contributed by atoms with Crippen LogP contribution in [-0.2, 0) is 21.3 Å². The van der Waals surface area contributed by atoms with Gasteiger partial charge in [0.1, 0.15) is 5.82 Å². The Morgan fingerprint density at radius 2 is 1.71 bits per heavy atom. The highest BCUT2D eigenvalue weighted by Crippen LogP contribution is 2.32. The molecule has 1 heterocycles. The van der Waals surface area contributed by atoms with Crippen LogP contribution in [-0.4, -0.2) is 32.6 Å². The Hall–Kier alpha value is -2.76. The largest absolute Gasteiger partial charge is 0.383 e. The molecule has 0 fully saturated rings. The summed E-state index contributed by atoms with van der Waals surface area (Å²) in [5.41, 5.74) is 1.16. The average molecular weight is 554 g/mol. The number of halogens is 3. The van der Waals surface area contributed by atoms with E-state index in [1.165, 1.54) is 35.6 Å². The van der Waals surface area contributed by atoms with Gasteiger partial charge in [0.05, 0.1) is 31.8 Å². The van der Waals surface area contributed by atoms with Crippen LogP contribution < -0.4 is 9.52 Å². The number of nitrogens with zero attached hydrogens (tertiary/aromatic N) is 2. The number of ether oxygens (including phenoxy) is 1. The Kier molecular flexibility index (Phi) is 7.58. The summed E-state index contributed by atoms with van der Waals surface area (Å²) in [6.07, 6.45) is 0. The molecule has 35 heavy (non-hydrogen) atoms. The first kappa shape index (κ1) is 25.3. The van der Waals surface area contributed by atoms with Crippen LogP contribution in [0.2, 0.25) is 10.0 Å². The molecule has 0 saturated heterocycles. The molecule has 0 unspecified atom stereocenters. The minimum Gasteiger partial charge on any atom is -0.383 e. The van der Waals surface area contributed by atoms with Gasteiger partial charge >= 0.3 is 0 Å². The number of fused-ring (bicyclic) bond motifs is 1. The third-order valence-electron chi connectivity index (χ3n) is 4.95. The van der Waals surface area contributed by atoms with Crippen molar-refractivity contribution in [2.24, 2.45) is 4.99 Å². The molecule has 1 aromatic heterocycles. The molecule has 0 atom stereocenters. The number of aromatic nitrogens is 1. The molecule has 7 nitrogen and oxygen atoms in total. The number of carbonyl (C=O) groups excluding carboxylic acids is 1. The van der Waals surface area contributed by atoms with E-state index in [9.17, 15) is 17.6 Å². The van der Waals surface area contributed by atoms with Crippen LogP contribution in [0.1, 0.15) is 10.4 Å². The zero-order valence-corrected chi connectivity index (χ0v) is 21.3. The first-order valence-electron chi connectivity index (χ1n) is 10.1. The van der Waals surface area contributed by atoms with E-state index in [2.05, 4.69) is 9.71 Å². The summed E-state index contributed by atoms with van der Waals surface area (Å²) in [6.45, 7) is 0.783. The van der Waals surface area contributed by atoms with E-state index in [0.29, 0.717) is 38.2 Å². The third kappa shape index (κ3) is 5.57. The Balaban J connectivity index is 1.63. The highest BCUT2D eigenvalue weighted by atomic mass is 35.5. The lowest BCUT2D eigenvalue weighted by atomic mass is 10.2. The number of hydrogen-bond acceptors (Lipinski definition) is 5. The molecule has 12 heteroatoms. The van der Waals surface area contributed by atoms with Gasteiger partial charge < -0.3 is 9.30 Å². The van der Waals surface area contributed by atoms with Crippen LogP contribution in [0.4, 0.5) is 10.1 Å². The fourth-order valence-corrected chi connectivity index (χ4v) is 5.98. The summed E-state index contributed by atoms with van der Waals surface area (Å²) in [6, 6.07) is 13.6. The highest BCUT2D eigenvalue weighted by Gasteiger charge is 2.16. The summed E-state index contributed by atoms with van der Waals surface area (Å²) in [4.78, 5) is 17.5. The number of carbonyl (C=O) groups is 1. The third-order valence-corrected chi connectivity index (χ3v) is 8.19. The van der Waals surface area contributed by atoms with Crippen LogP contribution in [0.25, 0.3) is 10.2 Å². The van der Waals surface area contributed by atoms with Crippen LogP contribution in [0.3, 0.4) is 0 Å². The maximum atomic E-state index is 13.1. The average Bonchev–Trinajstić information content (AvgIpc) is 3.19. The smallest absolute Gasteiger partial charge is 0.279 e. The molecule has 1 amide bonds. The number of rotatable bonds is 7. The van der Waals surface area contributed by atoms with E-state index in [0.717, 1.165) is 24.3 Å². The van der Waals surface area contributed by atoms with Gasteiger partial charge in [0.15, 0.2) is 4.80 Å². The SMILES string of the molecule is COCCn1c(=NC(=O)c2ccc(NS(=O)(=O)c3ccc(F)cc3)cc2)sc2c(Cl)ccc(Cl)c21. The minimum atomic E-state index is -3.91. The molecular formula is C23H18Cl2FN3O4S2. The highest BCUT2D eigenvalue weighted by molar-refractivity contribution is 7.92. The number of benzene rings is 3. The first-order valence-corrected chi connectivity index (χ1v) is 13.2. The van der Waals surface area contributed by atoms with Crippen LogP contribution in [0.5, 0.6) is 0 Å². The van der Waals surface area contributed by atoms with Crippen molar-refractivity contribution in [3.63, 3.8) is 0 Å². The van der Waals surface area contributed by atoms with Gasteiger partial charge in [-0.15, -0.1) is 0 Å². The summed E-state index contributed by atoms with van der Waals surface area (Å²) in [7, 11) is -2.35. The molecule has 182 valence electrons. The van der Waals surface area contributed by atoms with Crippen molar-refractivity contribution in [3.8, 4) is 0 Å². The van der Waals surface area contributed by atoms with Crippen molar-refractivity contribution < 1.29 is 22.3 Å². The second-order valence-corrected chi connectivity index (χ2v) is 10.8. The van der Waals surface area contributed by atoms with Gasteiger partial charge in [-0.3, -0.25) is 9.52 Å². The second kappa shape index (κ2) is 10.5. The van der Waals surface area contributed by atoms with Crippen molar-refractivity contribution >= 4 is 66.4 Å². The molecule has 0 radical (unpaired) electrons. The minimum absolute atomic E-state index is 0.0863. The molecule has 4 aromatic rings. The topological polar surface area (TPSA) is 89.8 Å². The molecule has 1 N–H and O–H groups in total. The van der Waals surface area contributed by atoms with Gasteiger partial charge in [-0.1, -0.05) is 34.5 Å². The molecule has 0 spiro atoms. The van der Waals surface area contributed by atoms with E-state index in [1.54, 1.807) is 23.8 Å². The summed E-state index contributed by atoms with van der Waals surface area (Å²) < 4.78 is 48.1. The number of sulfonamides is 1. The Morgan fingerprint density at radius 1 is 1.06 bits per heavy atom. The molecule has 0 aliphatic heterocycles. The Labute approximate surface area is 214 Å². The van der Waals surface area contributed by atoms with Crippen LogP contribution in [0.15, 0.2) is 70.6 Å². The summed E-state index contributed by atoms with van der Waals surface area (Å²) >= 11 is 14.0. The predicted molar refractivity (Wildman–Crippen MR) is 135 cm³/mol. The Bertz CT molecular complexity index is 1570.